The van der Waals surface area contributed by atoms with Gasteiger partial charge in [0, 0.05) is 5.92 Å². The first kappa shape index (κ1) is 11.9. The third-order valence-electron chi connectivity index (χ3n) is 1.93. The number of rotatable bonds is 7. The van der Waals surface area contributed by atoms with E-state index in [0.717, 1.165) is 12.8 Å². The van der Waals surface area contributed by atoms with Crippen molar-refractivity contribution in [3.8, 4) is 0 Å². The van der Waals surface area contributed by atoms with Crippen LogP contribution < -0.4 is 0 Å². The van der Waals surface area contributed by atoms with E-state index in [2.05, 4.69) is 6.58 Å². The van der Waals surface area contributed by atoms with Crippen LogP contribution >= 0.6 is 0 Å². The van der Waals surface area contributed by atoms with Crippen molar-refractivity contribution < 1.29 is 14.7 Å². The fraction of sp³-hybridized carbons (Fsp3) is 0.600. The van der Waals surface area contributed by atoms with E-state index in [0.29, 0.717) is 6.42 Å². The smallest absolute Gasteiger partial charge is 0.304 e. The first-order valence-corrected chi connectivity index (χ1v) is 4.49. The summed E-state index contributed by atoms with van der Waals surface area (Å²) >= 11 is 0. The molecule has 0 fully saturated rings. The first-order valence-electron chi connectivity index (χ1n) is 4.49. The molecule has 0 aromatic rings. The van der Waals surface area contributed by atoms with Crippen LogP contribution in [-0.2, 0) is 9.59 Å². The number of unbranched alkanes of at least 4 members (excludes halogenated alkanes) is 1. The van der Waals surface area contributed by atoms with Crippen LogP contribution in [0.2, 0.25) is 0 Å². The van der Waals surface area contributed by atoms with Crippen molar-refractivity contribution >= 4 is 11.8 Å². The van der Waals surface area contributed by atoms with Gasteiger partial charge < -0.3 is 5.11 Å². The number of carboxylic acids is 1. The Balaban J connectivity index is 4.09. The molecule has 0 amide bonds. The SMILES string of the molecule is C=CC(=O)C(CCCC)CC(=O)O. The Kier molecular flexibility index (Phi) is 5.85. The molecule has 13 heavy (non-hydrogen) atoms. The van der Waals surface area contributed by atoms with E-state index in [9.17, 15) is 9.59 Å². The minimum atomic E-state index is -0.920. The lowest BCUT2D eigenvalue weighted by Crippen LogP contribution is -2.16. The second-order valence-corrected chi connectivity index (χ2v) is 3.04. The summed E-state index contributed by atoms with van der Waals surface area (Å²) in [6.07, 6.45) is 3.64. The fourth-order valence-electron chi connectivity index (χ4n) is 1.17. The molecular weight excluding hydrogens is 168 g/mol. The Morgan fingerprint density at radius 3 is 2.54 bits per heavy atom. The summed E-state index contributed by atoms with van der Waals surface area (Å²) in [6, 6.07) is 0. The third-order valence-corrected chi connectivity index (χ3v) is 1.93. The standard InChI is InChI=1S/C10H16O3/c1-3-5-6-8(7-10(12)13)9(11)4-2/h4,8H,2-3,5-7H2,1H3,(H,12,13). The molecule has 0 aliphatic carbocycles. The Labute approximate surface area is 78.5 Å². The van der Waals surface area contributed by atoms with Crippen molar-refractivity contribution in [2.45, 2.75) is 32.6 Å². The molecule has 74 valence electrons. The second-order valence-electron chi connectivity index (χ2n) is 3.04. The summed E-state index contributed by atoms with van der Waals surface area (Å²) < 4.78 is 0. The van der Waals surface area contributed by atoms with Gasteiger partial charge in [-0.15, -0.1) is 0 Å². The van der Waals surface area contributed by atoms with Gasteiger partial charge in [0.2, 0.25) is 0 Å². The summed E-state index contributed by atoms with van der Waals surface area (Å²) in [6.45, 7) is 5.36. The van der Waals surface area contributed by atoms with Gasteiger partial charge in [-0.05, 0) is 12.5 Å². The highest BCUT2D eigenvalue weighted by atomic mass is 16.4. The molecule has 0 radical (unpaired) electrons. The third kappa shape index (κ3) is 5.17. The average Bonchev–Trinajstić information content (AvgIpc) is 2.10. The molecule has 0 heterocycles. The normalized spacial score (nSPS) is 12.1. The van der Waals surface area contributed by atoms with Crippen LogP contribution in [0.1, 0.15) is 32.6 Å². The van der Waals surface area contributed by atoms with Crippen LogP contribution in [0.15, 0.2) is 12.7 Å². The molecule has 0 bridgehead atoms. The second kappa shape index (κ2) is 6.40. The molecule has 1 atom stereocenters. The molecule has 0 rings (SSSR count). The zero-order valence-corrected chi connectivity index (χ0v) is 7.95. The lowest BCUT2D eigenvalue weighted by atomic mass is 9.94. The summed E-state index contributed by atoms with van der Waals surface area (Å²) in [4.78, 5) is 21.6. The van der Waals surface area contributed by atoms with E-state index in [4.69, 9.17) is 5.11 Å². The molecule has 3 heteroatoms. The average molecular weight is 184 g/mol. The van der Waals surface area contributed by atoms with Gasteiger partial charge in [0.25, 0.3) is 0 Å². The van der Waals surface area contributed by atoms with Crippen molar-refractivity contribution in [3.63, 3.8) is 0 Å². The number of carbonyl (C=O) groups excluding carboxylic acids is 1. The van der Waals surface area contributed by atoms with Crippen molar-refractivity contribution in [2.75, 3.05) is 0 Å². The monoisotopic (exact) mass is 184 g/mol. The van der Waals surface area contributed by atoms with Crippen molar-refractivity contribution in [3.05, 3.63) is 12.7 Å². The summed E-state index contributed by atoms with van der Waals surface area (Å²) in [5.41, 5.74) is 0. The quantitative estimate of drug-likeness (QED) is 0.616. The van der Waals surface area contributed by atoms with E-state index < -0.39 is 5.97 Å². The highest BCUT2D eigenvalue weighted by Gasteiger charge is 2.18. The largest absolute Gasteiger partial charge is 0.481 e. The van der Waals surface area contributed by atoms with Gasteiger partial charge in [0.1, 0.15) is 0 Å². The Morgan fingerprint density at radius 1 is 1.54 bits per heavy atom. The maximum atomic E-state index is 11.2. The lowest BCUT2D eigenvalue weighted by molar-refractivity contribution is -0.140. The van der Waals surface area contributed by atoms with Crippen molar-refractivity contribution in [1.82, 2.24) is 0 Å². The number of hydrogen-bond acceptors (Lipinski definition) is 2. The minimum absolute atomic E-state index is 0.0785. The highest BCUT2D eigenvalue weighted by Crippen LogP contribution is 2.14. The molecule has 0 aromatic heterocycles. The summed E-state index contributed by atoms with van der Waals surface area (Å²) in [7, 11) is 0. The van der Waals surface area contributed by atoms with E-state index in [1.807, 2.05) is 6.92 Å². The number of ketones is 1. The first-order chi connectivity index (χ1) is 6.11. The Hall–Kier alpha value is -1.12. The van der Waals surface area contributed by atoms with Gasteiger partial charge in [-0.1, -0.05) is 26.3 Å². The van der Waals surface area contributed by atoms with Gasteiger partial charge in [-0.25, -0.2) is 0 Å². The molecule has 3 nitrogen and oxygen atoms in total. The van der Waals surface area contributed by atoms with Crippen LogP contribution in [0.4, 0.5) is 0 Å². The molecule has 0 saturated heterocycles. The van der Waals surface area contributed by atoms with Gasteiger partial charge in [0.15, 0.2) is 5.78 Å². The highest BCUT2D eigenvalue weighted by molar-refractivity contribution is 5.93. The molecule has 0 aliphatic rings. The number of allylic oxidation sites excluding steroid dienone is 1. The summed E-state index contributed by atoms with van der Waals surface area (Å²) in [5.74, 6) is -1.46. The van der Waals surface area contributed by atoms with Crippen LogP contribution in [0.5, 0.6) is 0 Å². The van der Waals surface area contributed by atoms with Gasteiger partial charge in [0.05, 0.1) is 6.42 Å². The number of hydrogen-bond donors (Lipinski definition) is 1. The molecule has 1 unspecified atom stereocenters. The van der Waals surface area contributed by atoms with Crippen LogP contribution in [-0.4, -0.2) is 16.9 Å². The van der Waals surface area contributed by atoms with Crippen LogP contribution in [0.25, 0.3) is 0 Å². The molecular formula is C10H16O3. The van der Waals surface area contributed by atoms with Crippen LogP contribution in [0, 0.1) is 5.92 Å². The number of aliphatic carboxylic acids is 1. The van der Waals surface area contributed by atoms with E-state index in [1.54, 1.807) is 0 Å². The number of carbonyl (C=O) groups is 2. The molecule has 0 saturated carbocycles. The maximum Gasteiger partial charge on any atom is 0.304 e. The van der Waals surface area contributed by atoms with Crippen molar-refractivity contribution in [1.29, 1.82) is 0 Å². The van der Waals surface area contributed by atoms with E-state index in [1.165, 1.54) is 6.08 Å². The molecule has 0 spiro atoms. The van der Waals surface area contributed by atoms with E-state index in [-0.39, 0.29) is 18.1 Å². The topological polar surface area (TPSA) is 54.4 Å². The zero-order valence-electron chi connectivity index (χ0n) is 7.95. The number of carboxylic acid groups (broad SMARTS) is 1. The molecule has 0 aliphatic heterocycles. The zero-order chi connectivity index (χ0) is 10.3. The molecule has 1 N–H and O–H groups in total. The van der Waals surface area contributed by atoms with Crippen molar-refractivity contribution in [2.24, 2.45) is 5.92 Å². The van der Waals surface area contributed by atoms with Gasteiger partial charge >= 0.3 is 5.97 Å². The Morgan fingerprint density at radius 2 is 2.15 bits per heavy atom. The fourth-order valence-corrected chi connectivity index (χ4v) is 1.17. The van der Waals surface area contributed by atoms with Gasteiger partial charge in [-0.2, -0.15) is 0 Å². The van der Waals surface area contributed by atoms with E-state index >= 15 is 0 Å². The lowest BCUT2D eigenvalue weighted by Gasteiger charge is -2.09. The predicted molar refractivity (Wildman–Crippen MR) is 50.5 cm³/mol. The Bertz CT molecular complexity index is 196. The maximum absolute atomic E-state index is 11.2. The van der Waals surface area contributed by atoms with Gasteiger partial charge in [-0.3, -0.25) is 9.59 Å². The summed E-state index contributed by atoms with van der Waals surface area (Å²) in [5, 5.41) is 8.54. The predicted octanol–water partition coefficient (Wildman–Crippen LogP) is 2.02. The minimum Gasteiger partial charge on any atom is -0.481 e. The van der Waals surface area contributed by atoms with Crippen LogP contribution in [0.3, 0.4) is 0 Å². The molecule has 0 aromatic carbocycles.